The number of fused-ring (bicyclic) bond motifs is 1. The van der Waals surface area contributed by atoms with Crippen LogP contribution in [0.3, 0.4) is 0 Å². The molecular weight excluding hydrogens is 298 g/mol. The Morgan fingerprint density at radius 3 is 2.78 bits per heavy atom. The second kappa shape index (κ2) is 5.65. The third kappa shape index (κ3) is 2.48. The molecule has 2 atom stereocenters. The van der Waals surface area contributed by atoms with Gasteiger partial charge in [-0.1, -0.05) is 28.1 Å². The lowest BCUT2D eigenvalue weighted by Gasteiger charge is -2.18. The maximum Gasteiger partial charge on any atom is 0.189 e. The van der Waals surface area contributed by atoms with E-state index in [-0.39, 0.29) is 5.43 Å². The number of aromatic amines is 1. The van der Waals surface area contributed by atoms with E-state index in [0.717, 1.165) is 0 Å². The van der Waals surface area contributed by atoms with Gasteiger partial charge in [-0.2, -0.15) is 0 Å². The van der Waals surface area contributed by atoms with Crippen LogP contribution in [-0.2, 0) is 0 Å². The van der Waals surface area contributed by atoms with Crippen molar-refractivity contribution >= 4 is 26.8 Å². The van der Waals surface area contributed by atoms with Crippen LogP contribution in [0.5, 0.6) is 0 Å². The van der Waals surface area contributed by atoms with E-state index in [1.165, 1.54) is 12.3 Å². The fraction of sp³-hybridized carbons (Fsp3) is 0.308. The van der Waals surface area contributed by atoms with E-state index in [1.807, 2.05) is 0 Å². The Balaban J connectivity index is 2.51. The molecule has 0 aliphatic carbocycles. The molecule has 0 saturated heterocycles. The molecule has 1 heterocycles. The van der Waals surface area contributed by atoms with E-state index < -0.39 is 12.2 Å². The zero-order valence-corrected chi connectivity index (χ0v) is 11.2. The van der Waals surface area contributed by atoms with Crippen molar-refractivity contribution in [2.45, 2.75) is 18.6 Å². The number of aliphatic hydroxyl groups is 2. The number of rotatable bonds is 4. The maximum atomic E-state index is 11.7. The van der Waals surface area contributed by atoms with Gasteiger partial charge in [0.2, 0.25) is 0 Å². The van der Waals surface area contributed by atoms with Crippen LogP contribution in [0.15, 0.2) is 35.3 Å². The summed E-state index contributed by atoms with van der Waals surface area (Å²) >= 11 is 3.22. The molecule has 2 unspecified atom stereocenters. The molecule has 1 aromatic heterocycles. The number of hydrogen-bond acceptors (Lipinski definition) is 3. The monoisotopic (exact) mass is 311 g/mol. The van der Waals surface area contributed by atoms with E-state index in [4.69, 9.17) is 0 Å². The first-order valence-corrected chi connectivity index (χ1v) is 6.79. The first-order chi connectivity index (χ1) is 8.65. The highest BCUT2D eigenvalue weighted by Gasteiger charge is 2.20. The molecule has 96 valence electrons. The molecule has 0 radical (unpaired) electrons. The van der Waals surface area contributed by atoms with Gasteiger partial charge in [0, 0.05) is 28.5 Å². The van der Waals surface area contributed by atoms with E-state index >= 15 is 0 Å². The normalized spacial score (nSPS) is 14.6. The second-order valence-corrected chi connectivity index (χ2v) is 4.89. The fourth-order valence-corrected chi connectivity index (χ4v) is 2.42. The smallest absolute Gasteiger partial charge is 0.189 e. The molecule has 18 heavy (non-hydrogen) atoms. The third-order valence-corrected chi connectivity index (χ3v) is 3.37. The first kappa shape index (κ1) is 13.3. The van der Waals surface area contributed by atoms with Crippen molar-refractivity contribution in [3.05, 3.63) is 46.2 Å². The third-order valence-electron chi connectivity index (χ3n) is 2.91. The van der Waals surface area contributed by atoms with Gasteiger partial charge in [-0.25, -0.2) is 0 Å². The number of aromatic nitrogens is 1. The number of H-pyrrole nitrogens is 1. The lowest BCUT2D eigenvalue weighted by molar-refractivity contribution is 0.0181. The second-order valence-electron chi connectivity index (χ2n) is 4.10. The predicted octanol–water partition coefficient (Wildman–Crippen LogP) is 1.71. The number of alkyl halides is 1. The summed E-state index contributed by atoms with van der Waals surface area (Å²) in [6, 6.07) is 6.55. The van der Waals surface area contributed by atoms with E-state index in [9.17, 15) is 15.0 Å². The molecule has 0 amide bonds. The quantitative estimate of drug-likeness (QED) is 0.753. The molecule has 3 N–H and O–H groups in total. The molecule has 2 aromatic rings. The number of hydrogen-bond donors (Lipinski definition) is 3. The van der Waals surface area contributed by atoms with Crippen molar-refractivity contribution in [3.63, 3.8) is 0 Å². The van der Waals surface area contributed by atoms with Gasteiger partial charge in [0.15, 0.2) is 5.43 Å². The Kier molecular flexibility index (Phi) is 4.16. The van der Waals surface area contributed by atoms with Crippen LogP contribution in [0, 0.1) is 0 Å². The van der Waals surface area contributed by atoms with Crippen LogP contribution < -0.4 is 5.43 Å². The van der Waals surface area contributed by atoms with Gasteiger partial charge < -0.3 is 15.2 Å². The van der Waals surface area contributed by atoms with Crippen molar-refractivity contribution in [2.75, 3.05) is 5.33 Å². The largest absolute Gasteiger partial charge is 0.390 e. The van der Waals surface area contributed by atoms with Crippen molar-refractivity contribution in [2.24, 2.45) is 0 Å². The van der Waals surface area contributed by atoms with Gasteiger partial charge in [0.05, 0.1) is 11.6 Å². The summed E-state index contributed by atoms with van der Waals surface area (Å²) < 4.78 is 0. The number of aliphatic hydroxyl groups excluding tert-OH is 2. The summed E-state index contributed by atoms with van der Waals surface area (Å²) in [7, 11) is 0. The van der Waals surface area contributed by atoms with Gasteiger partial charge >= 0.3 is 0 Å². The topological polar surface area (TPSA) is 73.3 Å². The molecule has 0 aliphatic heterocycles. The van der Waals surface area contributed by atoms with Gasteiger partial charge in [-0.15, -0.1) is 0 Å². The van der Waals surface area contributed by atoms with Gasteiger partial charge in [0.1, 0.15) is 6.10 Å². The van der Waals surface area contributed by atoms with Crippen LogP contribution in [0.4, 0.5) is 0 Å². The van der Waals surface area contributed by atoms with Crippen molar-refractivity contribution in [3.8, 4) is 0 Å². The average Bonchev–Trinajstić information content (AvgIpc) is 2.38. The summed E-state index contributed by atoms with van der Waals surface area (Å²) in [6.45, 7) is 0. The van der Waals surface area contributed by atoms with Crippen LogP contribution in [0.2, 0.25) is 0 Å². The highest BCUT2D eigenvalue weighted by molar-refractivity contribution is 9.09. The Labute approximate surface area is 112 Å². The maximum absolute atomic E-state index is 11.7. The number of para-hydroxylation sites is 1. The molecule has 2 rings (SSSR count). The Morgan fingerprint density at radius 2 is 2.06 bits per heavy atom. The summed E-state index contributed by atoms with van der Waals surface area (Å²) in [5.74, 6) is 0. The predicted molar refractivity (Wildman–Crippen MR) is 73.9 cm³/mol. The molecule has 0 fully saturated rings. The van der Waals surface area contributed by atoms with Crippen LogP contribution in [0.1, 0.15) is 18.1 Å². The average molecular weight is 312 g/mol. The number of benzene rings is 1. The van der Waals surface area contributed by atoms with Gasteiger partial charge in [-0.05, 0) is 12.5 Å². The zero-order valence-electron chi connectivity index (χ0n) is 9.64. The minimum Gasteiger partial charge on any atom is -0.390 e. The highest BCUT2D eigenvalue weighted by atomic mass is 79.9. The van der Waals surface area contributed by atoms with Crippen LogP contribution in [-0.4, -0.2) is 26.6 Å². The summed E-state index contributed by atoms with van der Waals surface area (Å²) in [5, 5.41) is 21.1. The van der Waals surface area contributed by atoms with Gasteiger partial charge in [0.25, 0.3) is 0 Å². The van der Waals surface area contributed by atoms with E-state index in [0.29, 0.717) is 28.2 Å². The van der Waals surface area contributed by atoms with Crippen LogP contribution >= 0.6 is 15.9 Å². The standard InChI is InChI=1S/C13H14BrNO3/c14-6-4-11(17)13(18)9-3-1-2-8-10(16)5-7-15-12(8)9/h1-3,5,7,11,13,17-18H,4,6H2,(H,15,16). The summed E-state index contributed by atoms with van der Waals surface area (Å²) in [6.07, 6.45) is 0.106. The molecule has 0 bridgehead atoms. The van der Waals surface area contributed by atoms with E-state index in [1.54, 1.807) is 18.2 Å². The molecule has 1 aromatic carbocycles. The lowest BCUT2D eigenvalue weighted by atomic mass is 9.99. The number of nitrogens with one attached hydrogen (secondary N) is 1. The van der Waals surface area contributed by atoms with Crippen LogP contribution in [0.25, 0.3) is 10.9 Å². The molecular formula is C13H14BrNO3. The molecule has 5 heteroatoms. The fourth-order valence-electron chi connectivity index (χ4n) is 1.95. The summed E-state index contributed by atoms with van der Waals surface area (Å²) in [4.78, 5) is 14.6. The summed E-state index contributed by atoms with van der Waals surface area (Å²) in [5.41, 5.74) is 1.01. The highest BCUT2D eigenvalue weighted by Crippen LogP contribution is 2.24. The van der Waals surface area contributed by atoms with Crippen molar-refractivity contribution in [1.29, 1.82) is 0 Å². The molecule has 4 nitrogen and oxygen atoms in total. The number of halogens is 1. The molecule has 0 aliphatic rings. The van der Waals surface area contributed by atoms with Crippen molar-refractivity contribution < 1.29 is 10.2 Å². The van der Waals surface area contributed by atoms with E-state index in [2.05, 4.69) is 20.9 Å². The minimum absolute atomic E-state index is 0.104. The van der Waals surface area contributed by atoms with Crippen molar-refractivity contribution in [1.82, 2.24) is 4.98 Å². The Morgan fingerprint density at radius 1 is 1.28 bits per heavy atom. The lowest BCUT2D eigenvalue weighted by Crippen LogP contribution is -2.19. The Hall–Kier alpha value is -1.17. The molecule has 0 spiro atoms. The zero-order chi connectivity index (χ0) is 13.1. The van der Waals surface area contributed by atoms with Gasteiger partial charge in [-0.3, -0.25) is 4.79 Å². The molecule has 0 saturated carbocycles. The number of pyridine rings is 1. The SMILES string of the molecule is O=c1cc[nH]c2c(C(O)C(O)CCBr)cccc12. The first-order valence-electron chi connectivity index (χ1n) is 5.67. The Bertz CT molecular complexity index is 596. The minimum atomic E-state index is -1.01.